The van der Waals surface area contributed by atoms with Crippen LogP contribution in [-0.4, -0.2) is 0 Å². The normalized spacial score (nSPS) is 13.1. The van der Waals surface area contributed by atoms with Crippen molar-refractivity contribution in [2.45, 2.75) is 49.2 Å². The second kappa shape index (κ2) is 15.6. The number of allylic oxidation sites excluding steroid dienone is 8. The van der Waals surface area contributed by atoms with Gasteiger partial charge in [-0.3, -0.25) is 0 Å². The Hall–Kier alpha value is -0.352. The summed E-state index contributed by atoms with van der Waals surface area (Å²) in [6, 6.07) is 0. The van der Waals surface area contributed by atoms with E-state index >= 15 is 0 Å². The van der Waals surface area contributed by atoms with Gasteiger partial charge in [-0.2, -0.15) is 0 Å². The van der Waals surface area contributed by atoms with Crippen molar-refractivity contribution in [2.24, 2.45) is 0 Å². The quantitative estimate of drug-likeness (QED) is 0.317. The van der Waals surface area contributed by atoms with Crippen molar-refractivity contribution in [3.8, 4) is 0 Å². The van der Waals surface area contributed by atoms with E-state index in [0.717, 1.165) is 0 Å². The molecule has 0 unspecified atom stereocenters. The summed E-state index contributed by atoms with van der Waals surface area (Å²) in [4.78, 5) is 2.58. The molecule has 0 atom stereocenters. The maximum absolute atomic E-state index is 2.31. The predicted octanol–water partition coefficient (Wildman–Crippen LogP) is 5.73. The maximum atomic E-state index is 2.31. The number of rotatable bonds is 10. The van der Waals surface area contributed by atoms with Crippen molar-refractivity contribution >= 4 is 0 Å². The predicted molar refractivity (Wildman–Crippen MR) is 76.0 cm³/mol. The van der Waals surface area contributed by atoms with Gasteiger partial charge in [0, 0.05) is 0 Å². The topological polar surface area (TPSA) is 0 Å². The molecule has 0 nitrogen and oxygen atoms in total. The summed E-state index contributed by atoms with van der Waals surface area (Å²) in [5, 5.41) is 0. The third-order valence-corrected chi connectivity index (χ3v) is 4.39. The first-order valence-electron chi connectivity index (χ1n) is 6.49. The molecule has 0 radical (unpaired) electrons. The van der Waals surface area contributed by atoms with Crippen LogP contribution in [0.3, 0.4) is 0 Å². The van der Waals surface area contributed by atoms with Gasteiger partial charge in [-0.15, -0.1) is 0 Å². The average Bonchev–Trinajstić information content (AvgIpc) is 2.35. The summed E-state index contributed by atoms with van der Waals surface area (Å²) in [5.74, 6) is 0. The molecular formula is C16H26Pt. The summed E-state index contributed by atoms with van der Waals surface area (Å²) < 4.78 is 0. The van der Waals surface area contributed by atoms with Gasteiger partial charge in [0.2, 0.25) is 0 Å². The Morgan fingerprint density at radius 3 is 1.47 bits per heavy atom. The molecule has 0 saturated heterocycles. The molecule has 0 aromatic rings. The third kappa shape index (κ3) is 15.6. The monoisotopic (exact) mass is 413 g/mol. The Morgan fingerprint density at radius 1 is 0.647 bits per heavy atom. The fraction of sp³-hybridized carbons (Fsp3) is 0.500. The van der Waals surface area contributed by atoms with Crippen molar-refractivity contribution in [1.29, 1.82) is 0 Å². The summed E-state index contributed by atoms with van der Waals surface area (Å²) >= 11 is 0.322. The minimum atomic E-state index is 0.322. The van der Waals surface area contributed by atoms with Gasteiger partial charge < -0.3 is 0 Å². The molecule has 0 heterocycles. The van der Waals surface area contributed by atoms with Crippen LogP contribution in [0.4, 0.5) is 0 Å². The minimum absolute atomic E-state index is 0.322. The Bertz CT molecular complexity index is 220. The van der Waals surface area contributed by atoms with Crippen LogP contribution in [0, 0.1) is 0 Å². The molecule has 0 saturated carbocycles. The van der Waals surface area contributed by atoms with Crippen molar-refractivity contribution in [1.82, 2.24) is 0 Å². The van der Waals surface area contributed by atoms with Crippen molar-refractivity contribution < 1.29 is 18.6 Å². The van der Waals surface area contributed by atoms with Gasteiger partial charge in [0.05, 0.1) is 0 Å². The van der Waals surface area contributed by atoms with Crippen LogP contribution < -0.4 is 0 Å². The molecule has 0 aliphatic carbocycles. The summed E-state index contributed by atoms with van der Waals surface area (Å²) in [7, 11) is 0. The van der Waals surface area contributed by atoms with Crippen molar-refractivity contribution in [3.05, 3.63) is 48.6 Å². The van der Waals surface area contributed by atoms with Crippen LogP contribution in [-0.2, 0) is 18.6 Å². The van der Waals surface area contributed by atoms with E-state index in [9.17, 15) is 0 Å². The molecular weight excluding hydrogens is 387 g/mol. The molecule has 0 fully saturated rings. The number of hydrogen-bond donors (Lipinski definition) is 0. The van der Waals surface area contributed by atoms with Gasteiger partial charge >= 0.3 is 116 Å². The van der Waals surface area contributed by atoms with E-state index in [2.05, 4.69) is 62.5 Å². The Kier molecular flexibility index (Phi) is 15.3. The molecule has 0 amide bonds. The standard InChI is InChI=1S/2C8H13.Pt/c2*1-3-5-7-8-6-4-2;/h2*3,5,7-8H,1,4,6H2,2H3;. The van der Waals surface area contributed by atoms with Crippen LogP contribution in [0.5, 0.6) is 0 Å². The molecule has 0 aromatic heterocycles. The van der Waals surface area contributed by atoms with Gasteiger partial charge in [-0.1, -0.05) is 0 Å². The number of hydrogen-bond acceptors (Lipinski definition) is 0. The molecule has 0 aliphatic rings. The Labute approximate surface area is 116 Å². The zero-order chi connectivity index (χ0) is 12.6. The zero-order valence-electron chi connectivity index (χ0n) is 11.2. The summed E-state index contributed by atoms with van der Waals surface area (Å²) in [5.41, 5.74) is 0. The molecule has 0 aliphatic heterocycles. The molecule has 100 valence electrons. The van der Waals surface area contributed by atoms with Crippen LogP contribution in [0.2, 0.25) is 9.62 Å². The van der Waals surface area contributed by atoms with Gasteiger partial charge in [-0.05, 0) is 0 Å². The van der Waals surface area contributed by atoms with Crippen LogP contribution in [0.15, 0.2) is 48.6 Å². The summed E-state index contributed by atoms with van der Waals surface area (Å²) in [6.07, 6.45) is 22.7. The molecule has 0 spiro atoms. The molecule has 0 N–H and O–H groups in total. The van der Waals surface area contributed by atoms with E-state index in [1.807, 2.05) is 0 Å². The van der Waals surface area contributed by atoms with Crippen molar-refractivity contribution in [3.63, 3.8) is 0 Å². The molecule has 0 bridgehead atoms. The first-order chi connectivity index (χ1) is 8.41. The van der Waals surface area contributed by atoms with Crippen LogP contribution in [0.1, 0.15) is 39.5 Å². The van der Waals surface area contributed by atoms with Crippen LogP contribution >= 0.6 is 0 Å². The Morgan fingerprint density at radius 2 is 1.06 bits per heavy atom. The van der Waals surface area contributed by atoms with E-state index in [-0.39, 0.29) is 0 Å². The van der Waals surface area contributed by atoms with Gasteiger partial charge in [0.1, 0.15) is 0 Å². The molecule has 1 heteroatoms. The second-order valence-corrected chi connectivity index (χ2v) is 6.70. The fourth-order valence-electron chi connectivity index (χ4n) is 1.08. The second-order valence-electron chi connectivity index (χ2n) is 3.71. The first-order valence-corrected chi connectivity index (χ1v) is 9.71. The SMILES string of the molecule is CCCC=CC=C[CH2][Pt][CH2]C=CC=CCCC. The van der Waals surface area contributed by atoms with E-state index < -0.39 is 0 Å². The van der Waals surface area contributed by atoms with Gasteiger partial charge in [0.15, 0.2) is 0 Å². The van der Waals surface area contributed by atoms with Crippen molar-refractivity contribution in [2.75, 3.05) is 0 Å². The van der Waals surface area contributed by atoms with E-state index in [4.69, 9.17) is 0 Å². The van der Waals surface area contributed by atoms with E-state index in [0.29, 0.717) is 18.6 Å². The fourth-order valence-corrected chi connectivity index (χ4v) is 2.84. The average molecular weight is 413 g/mol. The van der Waals surface area contributed by atoms with Crippen LogP contribution in [0.25, 0.3) is 0 Å². The third-order valence-electron chi connectivity index (χ3n) is 2.01. The molecule has 17 heavy (non-hydrogen) atoms. The summed E-state index contributed by atoms with van der Waals surface area (Å²) in [6.45, 7) is 4.42. The molecule has 0 aromatic carbocycles. The number of unbranched alkanes of at least 4 members (excludes halogenated alkanes) is 2. The molecule has 0 rings (SSSR count). The van der Waals surface area contributed by atoms with E-state index in [1.54, 1.807) is 0 Å². The zero-order valence-corrected chi connectivity index (χ0v) is 13.4. The van der Waals surface area contributed by atoms with E-state index in [1.165, 1.54) is 35.3 Å². The van der Waals surface area contributed by atoms with Gasteiger partial charge in [-0.25, -0.2) is 0 Å². The van der Waals surface area contributed by atoms with Gasteiger partial charge in [0.25, 0.3) is 0 Å². The Balaban J connectivity index is 3.33. The first kappa shape index (κ1) is 16.6.